The molecule has 0 aromatic carbocycles. The monoisotopic (exact) mass is 300 g/mol. The zero-order chi connectivity index (χ0) is 12.5. The maximum Gasteiger partial charge on any atom is 0.245 e. The molecule has 0 amide bonds. The van der Waals surface area contributed by atoms with Gasteiger partial charge in [-0.2, -0.15) is 4.98 Å². The van der Waals surface area contributed by atoms with Crippen LogP contribution in [-0.4, -0.2) is 15.2 Å². The van der Waals surface area contributed by atoms with Gasteiger partial charge in [0.05, 0.1) is 6.54 Å². The van der Waals surface area contributed by atoms with Gasteiger partial charge in [-0.15, -0.1) is 21.5 Å². The molecule has 0 spiro atoms. The van der Waals surface area contributed by atoms with Gasteiger partial charge >= 0.3 is 0 Å². The van der Waals surface area contributed by atoms with Gasteiger partial charge in [0, 0.05) is 9.75 Å². The minimum absolute atomic E-state index is 0.0931. The average molecular weight is 301 g/mol. The molecule has 7 heteroatoms. The van der Waals surface area contributed by atoms with E-state index in [9.17, 15) is 0 Å². The molecule has 4 nitrogen and oxygen atoms in total. The number of nitrogens with zero attached hydrogens (tertiary/aromatic N) is 3. The van der Waals surface area contributed by atoms with Crippen molar-refractivity contribution in [3.8, 4) is 0 Å². The summed E-state index contributed by atoms with van der Waals surface area (Å²) < 4.78 is 0. The quantitative estimate of drug-likeness (QED) is 0.944. The molecule has 0 atom stereocenters. The van der Waals surface area contributed by atoms with Crippen molar-refractivity contribution >= 4 is 40.4 Å². The van der Waals surface area contributed by atoms with Crippen LogP contribution in [0.15, 0.2) is 6.07 Å². The van der Waals surface area contributed by atoms with E-state index < -0.39 is 0 Å². The molecule has 0 bridgehead atoms. The number of anilines is 1. The highest BCUT2D eigenvalue weighted by Crippen LogP contribution is 2.31. The summed E-state index contributed by atoms with van der Waals surface area (Å²) in [7, 11) is 0. The van der Waals surface area contributed by atoms with Gasteiger partial charge in [0.25, 0.3) is 0 Å². The summed E-state index contributed by atoms with van der Waals surface area (Å²) in [5, 5.41) is 10.7. The lowest BCUT2D eigenvalue weighted by atomic mass is 10.2. The molecule has 0 aliphatic heterocycles. The number of thiophene rings is 1. The lowest BCUT2D eigenvalue weighted by Gasteiger charge is -2.04. The summed E-state index contributed by atoms with van der Waals surface area (Å²) in [6.07, 6.45) is 3.70. The van der Waals surface area contributed by atoms with Crippen molar-refractivity contribution in [2.75, 3.05) is 5.32 Å². The predicted octanol–water partition coefficient (Wildman–Crippen LogP) is 3.34. The molecule has 0 saturated carbocycles. The number of aryl methyl sites for hydroxylation is 2. The number of halogens is 2. The molecular formula is C11H10Cl2N4S. The summed E-state index contributed by atoms with van der Waals surface area (Å²) in [5.74, 6) is 0.477. The van der Waals surface area contributed by atoms with Crippen LogP contribution in [0.3, 0.4) is 0 Å². The van der Waals surface area contributed by atoms with Gasteiger partial charge in [0.1, 0.15) is 0 Å². The average Bonchev–Trinajstić information content (AvgIpc) is 2.90. The molecule has 1 N–H and O–H groups in total. The second kappa shape index (κ2) is 4.99. The van der Waals surface area contributed by atoms with E-state index in [-0.39, 0.29) is 10.4 Å². The number of aromatic nitrogens is 3. The smallest absolute Gasteiger partial charge is 0.245 e. The van der Waals surface area contributed by atoms with Crippen LogP contribution in [0.2, 0.25) is 10.4 Å². The summed E-state index contributed by atoms with van der Waals surface area (Å²) in [6.45, 7) is 0.687. The number of fused-ring (bicyclic) bond motifs is 1. The van der Waals surface area contributed by atoms with E-state index in [1.54, 1.807) is 0 Å². The van der Waals surface area contributed by atoms with Crippen molar-refractivity contribution in [1.82, 2.24) is 15.2 Å². The van der Waals surface area contributed by atoms with Gasteiger partial charge in [-0.1, -0.05) is 11.6 Å². The van der Waals surface area contributed by atoms with E-state index in [2.05, 4.69) is 26.6 Å². The largest absolute Gasteiger partial charge is 0.362 e. The maximum absolute atomic E-state index is 5.88. The van der Waals surface area contributed by atoms with Crippen molar-refractivity contribution in [3.05, 3.63) is 31.8 Å². The van der Waals surface area contributed by atoms with Crippen LogP contribution in [0.4, 0.5) is 5.82 Å². The molecule has 0 saturated heterocycles. The van der Waals surface area contributed by atoms with Gasteiger partial charge < -0.3 is 5.32 Å². The fourth-order valence-electron chi connectivity index (χ4n) is 2.05. The molecule has 3 rings (SSSR count). The third-order valence-electron chi connectivity index (χ3n) is 2.85. The lowest BCUT2D eigenvalue weighted by Crippen LogP contribution is -2.03. The first-order valence-corrected chi connectivity index (χ1v) is 7.19. The van der Waals surface area contributed by atoms with Gasteiger partial charge in [0.15, 0.2) is 11.0 Å². The van der Waals surface area contributed by atoms with Crippen LogP contribution in [-0.2, 0) is 19.4 Å². The second-order valence-corrected chi connectivity index (χ2v) is 6.01. The van der Waals surface area contributed by atoms with Crippen LogP contribution in [0.5, 0.6) is 0 Å². The minimum atomic E-state index is 0.0931. The van der Waals surface area contributed by atoms with Gasteiger partial charge in [-0.3, -0.25) is 0 Å². The number of hydrogen-bond donors (Lipinski definition) is 1. The number of nitrogens with one attached hydrogen (secondary N) is 1. The molecule has 18 heavy (non-hydrogen) atoms. The third kappa shape index (κ3) is 2.43. The minimum Gasteiger partial charge on any atom is -0.362 e. The Hall–Kier alpha value is -0.910. The highest BCUT2D eigenvalue weighted by molar-refractivity contribution is 7.12. The van der Waals surface area contributed by atoms with Crippen molar-refractivity contribution in [3.63, 3.8) is 0 Å². The lowest BCUT2D eigenvalue weighted by molar-refractivity contribution is 0.913. The SMILES string of the molecule is Clc1nnc(Cl)c(NCc2cc3c(s2)CCC3)n1. The highest BCUT2D eigenvalue weighted by atomic mass is 35.5. The van der Waals surface area contributed by atoms with Gasteiger partial charge in [0.2, 0.25) is 5.28 Å². The maximum atomic E-state index is 5.88. The first kappa shape index (κ1) is 12.1. The van der Waals surface area contributed by atoms with E-state index in [1.807, 2.05) is 11.3 Å². The Balaban J connectivity index is 1.71. The van der Waals surface area contributed by atoms with Crippen molar-refractivity contribution in [1.29, 1.82) is 0 Å². The third-order valence-corrected chi connectivity index (χ3v) is 4.50. The highest BCUT2D eigenvalue weighted by Gasteiger charge is 2.15. The van der Waals surface area contributed by atoms with E-state index >= 15 is 0 Å². The summed E-state index contributed by atoms with van der Waals surface area (Å²) in [4.78, 5) is 6.80. The van der Waals surface area contributed by atoms with Crippen molar-refractivity contribution in [2.24, 2.45) is 0 Å². The van der Waals surface area contributed by atoms with E-state index in [4.69, 9.17) is 23.2 Å². The first-order valence-electron chi connectivity index (χ1n) is 5.62. The topological polar surface area (TPSA) is 50.7 Å². The fraction of sp³-hybridized carbons (Fsp3) is 0.364. The van der Waals surface area contributed by atoms with Crippen LogP contribution < -0.4 is 5.32 Å². The van der Waals surface area contributed by atoms with Crippen molar-refractivity contribution in [2.45, 2.75) is 25.8 Å². The molecule has 2 aromatic heterocycles. The van der Waals surface area contributed by atoms with Crippen molar-refractivity contribution < 1.29 is 0 Å². The molecule has 2 aromatic rings. The Morgan fingerprint density at radius 2 is 2.17 bits per heavy atom. The zero-order valence-corrected chi connectivity index (χ0v) is 11.7. The standard InChI is InChI=1S/C11H10Cl2N4S/c12-9-10(15-11(13)17-16-9)14-5-7-4-6-2-1-3-8(6)18-7/h4H,1-3,5H2,(H,14,15,17). The van der Waals surface area contributed by atoms with E-state index in [1.165, 1.54) is 34.6 Å². The number of rotatable bonds is 3. The van der Waals surface area contributed by atoms with E-state index in [0.29, 0.717) is 12.4 Å². The Morgan fingerprint density at radius 3 is 3.00 bits per heavy atom. The molecule has 0 unspecified atom stereocenters. The summed E-state index contributed by atoms with van der Waals surface area (Å²) >= 11 is 13.4. The molecule has 0 radical (unpaired) electrons. The Morgan fingerprint density at radius 1 is 1.28 bits per heavy atom. The van der Waals surface area contributed by atoms with Crippen LogP contribution in [0, 0.1) is 0 Å². The second-order valence-electron chi connectivity index (χ2n) is 4.09. The van der Waals surface area contributed by atoms with E-state index in [0.717, 1.165) is 0 Å². The number of hydrogen-bond acceptors (Lipinski definition) is 5. The Kier molecular flexibility index (Phi) is 3.37. The Bertz CT molecular complexity index is 563. The van der Waals surface area contributed by atoms with Crippen LogP contribution >= 0.6 is 34.5 Å². The fourth-order valence-corrected chi connectivity index (χ4v) is 3.52. The van der Waals surface area contributed by atoms with Gasteiger partial charge in [-0.25, -0.2) is 0 Å². The molecule has 1 aliphatic rings. The molecule has 1 aliphatic carbocycles. The molecule has 0 fully saturated rings. The summed E-state index contributed by atoms with van der Waals surface area (Å²) in [5.41, 5.74) is 1.49. The Labute approximate surface area is 118 Å². The molecule has 2 heterocycles. The van der Waals surface area contributed by atoms with Crippen LogP contribution in [0.25, 0.3) is 0 Å². The first-order chi connectivity index (χ1) is 8.72. The zero-order valence-electron chi connectivity index (χ0n) is 9.41. The summed E-state index contributed by atoms with van der Waals surface area (Å²) in [6, 6.07) is 2.25. The van der Waals surface area contributed by atoms with Gasteiger partial charge in [-0.05, 0) is 42.5 Å². The predicted molar refractivity (Wildman–Crippen MR) is 73.5 cm³/mol. The normalized spacial score (nSPS) is 13.7. The van der Waals surface area contributed by atoms with Crippen LogP contribution in [0.1, 0.15) is 21.7 Å². The molecular weight excluding hydrogens is 291 g/mol. The molecule has 94 valence electrons.